The van der Waals surface area contributed by atoms with Gasteiger partial charge < -0.3 is 26.3 Å². The average molecular weight is 314 g/mol. The summed E-state index contributed by atoms with van der Waals surface area (Å²) in [5.74, 6) is -2.65. The number of esters is 2. The van der Waals surface area contributed by atoms with Gasteiger partial charge >= 0.3 is 17.8 Å². The first-order valence-corrected chi connectivity index (χ1v) is 7.62. The van der Waals surface area contributed by atoms with Crippen molar-refractivity contribution in [3.05, 3.63) is 12.2 Å². The molecule has 0 saturated carbocycles. The van der Waals surface area contributed by atoms with Crippen molar-refractivity contribution in [3.63, 3.8) is 0 Å². The molecule has 0 spiro atoms. The van der Waals surface area contributed by atoms with E-state index in [-0.39, 0.29) is 0 Å². The Morgan fingerprint density at radius 2 is 1.45 bits per heavy atom. The molecule has 0 amide bonds. The van der Waals surface area contributed by atoms with E-state index in [9.17, 15) is 9.59 Å². The number of rotatable bonds is 11. The monoisotopic (exact) mass is 314 g/mol. The van der Waals surface area contributed by atoms with Crippen molar-refractivity contribution >= 4 is 11.9 Å². The Bertz CT molecular complexity index is 367. The predicted molar refractivity (Wildman–Crippen MR) is 81.5 cm³/mol. The third-order valence-electron chi connectivity index (χ3n) is 3.08. The Balaban J connectivity index is 2.54. The van der Waals surface area contributed by atoms with Gasteiger partial charge in [0.1, 0.15) is 0 Å². The Morgan fingerprint density at radius 1 is 0.909 bits per heavy atom. The van der Waals surface area contributed by atoms with Crippen LogP contribution in [0.5, 0.6) is 0 Å². The first-order valence-electron chi connectivity index (χ1n) is 7.62. The summed E-state index contributed by atoms with van der Waals surface area (Å²) < 4.78 is 10.6. The molecule has 0 fully saturated rings. The van der Waals surface area contributed by atoms with Gasteiger partial charge in [0.15, 0.2) is 0 Å². The van der Waals surface area contributed by atoms with Gasteiger partial charge in [-0.15, -0.1) is 0 Å². The van der Waals surface area contributed by atoms with E-state index in [0.29, 0.717) is 45.4 Å². The molecule has 0 atom stereocenters. The largest absolute Gasteiger partial charge is 0.405 e. The molecule has 8 heteroatoms. The second-order valence-corrected chi connectivity index (χ2v) is 4.99. The molecule has 8 nitrogen and oxygen atoms in total. The molecular formula is C14H26N4O4. The van der Waals surface area contributed by atoms with Crippen molar-refractivity contribution in [3.8, 4) is 0 Å². The molecule has 0 saturated heterocycles. The predicted octanol–water partition coefficient (Wildman–Crippen LogP) is -1.05. The second kappa shape index (κ2) is 10.3. The molecule has 0 aromatic rings. The molecule has 0 radical (unpaired) electrons. The molecule has 1 aliphatic rings. The van der Waals surface area contributed by atoms with Crippen LogP contribution >= 0.6 is 0 Å². The number of cyclic esters (lactones) is 2. The number of nitrogens with one attached hydrogen (secondary N) is 2. The molecule has 0 aromatic carbocycles. The van der Waals surface area contributed by atoms with E-state index in [2.05, 4.69) is 10.6 Å². The molecule has 126 valence electrons. The standard InChI is InChI=1S/C14H26N4O4/c15-7-2-10-17-9-1-6-14(18-11-3-8-16)21-12(19)4-5-13(20)22-14/h4-5,17-18H,1-3,6-11,15-16H2. The molecule has 1 aliphatic heterocycles. The van der Waals surface area contributed by atoms with Gasteiger partial charge in [-0.1, -0.05) is 0 Å². The van der Waals surface area contributed by atoms with E-state index in [1.54, 1.807) is 0 Å². The highest BCUT2D eigenvalue weighted by atomic mass is 16.8. The van der Waals surface area contributed by atoms with Crippen molar-refractivity contribution in [2.45, 2.75) is 31.6 Å². The third kappa shape index (κ3) is 6.99. The van der Waals surface area contributed by atoms with Gasteiger partial charge in [0.2, 0.25) is 0 Å². The minimum atomic E-state index is -1.43. The van der Waals surface area contributed by atoms with Crippen LogP contribution in [0.1, 0.15) is 25.7 Å². The van der Waals surface area contributed by atoms with Gasteiger partial charge in [0, 0.05) is 25.1 Å². The molecule has 0 bridgehead atoms. The number of carbonyl (C=O) groups is 2. The summed E-state index contributed by atoms with van der Waals surface area (Å²) in [6.45, 7) is 3.15. The van der Waals surface area contributed by atoms with Gasteiger partial charge in [-0.2, -0.15) is 0 Å². The van der Waals surface area contributed by atoms with Gasteiger partial charge in [-0.3, -0.25) is 0 Å². The van der Waals surface area contributed by atoms with E-state index >= 15 is 0 Å². The van der Waals surface area contributed by atoms with Crippen LogP contribution in [-0.2, 0) is 19.1 Å². The zero-order chi connectivity index (χ0) is 16.3. The SMILES string of the molecule is NCCCNCCCC1(NCCCN)OC(=O)C=CC(=O)O1. The van der Waals surface area contributed by atoms with Gasteiger partial charge in [-0.05, 0) is 45.4 Å². The van der Waals surface area contributed by atoms with E-state index in [1.165, 1.54) is 0 Å². The minimum absolute atomic E-state index is 0.354. The maximum atomic E-state index is 11.6. The van der Waals surface area contributed by atoms with E-state index in [4.69, 9.17) is 20.9 Å². The Hall–Kier alpha value is -1.48. The van der Waals surface area contributed by atoms with Crippen molar-refractivity contribution in [1.82, 2.24) is 10.6 Å². The smallest absolute Gasteiger partial charge is 0.335 e. The molecule has 0 unspecified atom stereocenters. The molecule has 6 N–H and O–H groups in total. The lowest BCUT2D eigenvalue weighted by atomic mass is 10.2. The quantitative estimate of drug-likeness (QED) is 0.281. The average Bonchev–Trinajstić information content (AvgIpc) is 2.62. The highest BCUT2D eigenvalue weighted by Gasteiger charge is 2.38. The number of hydrogen-bond acceptors (Lipinski definition) is 8. The molecule has 0 aliphatic carbocycles. The summed E-state index contributed by atoms with van der Waals surface area (Å²) >= 11 is 0. The maximum Gasteiger partial charge on any atom is 0.335 e. The van der Waals surface area contributed by atoms with Crippen LogP contribution < -0.4 is 22.1 Å². The fraction of sp³-hybridized carbons (Fsp3) is 0.714. The molecule has 1 rings (SSSR count). The number of ether oxygens (including phenoxy) is 2. The van der Waals surface area contributed by atoms with Crippen LogP contribution in [0.2, 0.25) is 0 Å². The number of carbonyl (C=O) groups excluding carboxylic acids is 2. The summed E-state index contributed by atoms with van der Waals surface area (Å²) in [5.41, 5.74) is 10.9. The van der Waals surface area contributed by atoms with Gasteiger partial charge in [0.05, 0.1) is 0 Å². The molecule has 22 heavy (non-hydrogen) atoms. The lowest BCUT2D eigenvalue weighted by Crippen LogP contribution is -2.52. The van der Waals surface area contributed by atoms with Crippen molar-refractivity contribution in [1.29, 1.82) is 0 Å². The van der Waals surface area contributed by atoms with Crippen molar-refractivity contribution in [2.75, 3.05) is 32.7 Å². The van der Waals surface area contributed by atoms with E-state index < -0.39 is 17.8 Å². The molecular weight excluding hydrogens is 288 g/mol. The Labute approximate surface area is 130 Å². The highest BCUT2D eigenvalue weighted by molar-refractivity contribution is 5.93. The fourth-order valence-corrected chi connectivity index (χ4v) is 1.99. The molecule has 1 heterocycles. The minimum Gasteiger partial charge on any atom is -0.405 e. The van der Waals surface area contributed by atoms with Crippen LogP contribution in [0.3, 0.4) is 0 Å². The van der Waals surface area contributed by atoms with Crippen LogP contribution in [0, 0.1) is 0 Å². The summed E-state index contributed by atoms with van der Waals surface area (Å²) in [6.07, 6.45) is 4.72. The number of nitrogens with two attached hydrogens (primary N) is 2. The zero-order valence-corrected chi connectivity index (χ0v) is 12.8. The first kappa shape index (κ1) is 18.6. The van der Waals surface area contributed by atoms with Crippen LogP contribution in [0.15, 0.2) is 12.2 Å². The lowest BCUT2D eigenvalue weighted by molar-refractivity contribution is -0.235. The van der Waals surface area contributed by atoms with Gasteiger partial charge in [0.25, 0.3) is 0 Å². The van der Waals surface area contributed by atoms with Gasteiger partial charge in [-0.25, -0.2) is 14.9 Å². The highest BCUT2D eigenvalue weighted by Crippen LogP contribution is 2.20. The fourth-order valence-electron chi connectivity index (χ4n) is 1.99. The van der Waals surface area contributed by atoms with E-state index in [0.717, 1.165) is 25.1 Å². The number of hydrogen-bond donors (Lipinski definition) is 4. The van der Waals surface area contributed by atoms with Crippen molar-refractivity contribution in [2.24, 2.45) is 11.5 Å². The second-order valence-electron chi connectivity index (χ2n) is 4.99. The lowest BCUT2D eigenvalue weighted by Gasteiger charge is -2.31. The first-order chi connectivity index (χ1) is 10.6. The Morgan fingerprint density at radius 3 is 2.05 bits per heavy atom. The van der Waals surface area contributed by atoms with E-state index in [1.807, 2.05) is 0 Å². The summed E-state index contributed by atoms with van der Waals surface area (Å²) in [6, 6.07) is 0. The third-order valence-corrected chi connectivity index (χ3v) is 3.08. The Kier molecular flexibility index (Phi) is 8.68. The normalized spacial score (nSPS) is 17.0. The van der Waals surface area contributed by atoms with Crippen LogP contribution in [-0.4, -0.2) is 50.6 Å². The van der Waals surface area contributed by atoms with Crippen molar-refractivity contribution < 1.29 is 19.1 Å². The summed E-state index contributed by atoms with van der Waals surface area (Å²) in [5, 5.41) is 6.21. The molecule has 0 aromatic heterocycles. The van der Waals surface area contributed by atoms with Crippen LogP contribution in [0.25, 0.3) is 0 Å². The maximum absolute atomic E-state index is 11.6. The topological polar surface area (TPSA) is 129 Å². The van der Waals surface area contributed by atoms with Crippen LogP contribution in [0.4, 0.5) is 0 Å². The summed E-state index contributed by atoms with van der Waals surface area (Å²) in [7, 11) is 0. The summed E-state index contributed by atoms with van der Waals surface area (Å²) in [4.78, 5) is 23.2. The zero-order valence-electron chi connectivity index (χ0n) is 12.8.